The Labute approximate surface area is 110 Å². The molecule has 0 aromatic heterocycles. The van der Waals surface area contributed by atoms with E-state index in [2.05, 4.69) is 4.74 Å². The smallest absolute Gasteiger partial charge is 0.420 e. The lowest BCUT2D eigenvalue weighted by Crippen LogP contribution is -2.18. The molecule has 0 aliphatic carbocycles. The van der Waals surface area contributed by atoms with Gasteiger partial charge < -0.3 is 4.74 Å². The van der Waals surface area contributed by atoms with Crippen molar-refractivity contribution in [2.24, 2.45) is 0 Å². The van der Waals surface area contributed by atoms with E-state index in [9.17, 15) is 45.2 Å². The van der Waals surface area contributed by atoms with E-state index in [0.717, 1.165) is 0 Å². The molecule has 0 bridgehead atoms. The van der Waals surface area contributed by atoms with Crippen molar-refractivity contribution in [3.05, 3.63) is 33.4 Å². The number of nitro benzene ring substituents is 1. The number of hydrogen-bond donors (Lipinski definition) is 0. The summed E-state index contributed by atoms with van der Waals surface area (Å²) >= 11 is 0. The summed E-state index contributed by atoms with van der Waals surface area (Å²) in [5.41, 5.74) is -6.19. The third-order valence-electron chi connectivity index (χ3n) is 2.10. The van der Waals surface area contributed by atoms with Crippen molar-refractivity contribution in [1.29, 1.82) is 0 Å². The molecule has 0 aliphatic heterocycles. The second-order valence-corrected chi connectivity index (χ2v) is 3.50. The summed E-state index contributed by atoms with van der Waals surface area (Å²) in [5, 5.41) is 10.4. The highest BCUT2D eigenvalue weighted by Gasteiger charge is 2.44. The van der Waals surface area contributed by atoms with Gasteiger partial charge in [-0.1, -0.05) is 0 Å². The Hall–Kier alpha value is -2.14. The van der Waals surface area contributed by atoms with Crippen LogP contribution in [-0.4, -0.2) is 11.5 Å². The number of nitrogens with zero attached hydrogens (tertiary/aromatic N) is 1. The zero-order valence-electron chi connectivity index (χ0n) is 9.43. The van der Waals surface area contributed by atoms with E-state index >= 15 is 0 Å². The van der Waals surface area contributed by atoms with Crippen molar-refractivity contribution in [3.63, 3.8) is 0 Å². The molecule has 0 unspecified atom stereocenters. The van der Waals surface area contributed by atoms with Crippen LogP contribution in [0.15, 0.2) is 12.1 Å². The number of non-ortho nitro benzene ring substituents is 1. The molecule has 0 aliphatic rings. The Morgan fingerprint density at radius 2 is 1.38 bits per heavy atom. The topological polar surface area (TPSA) is 52.4 Å². The van der Waals surface area contributed by atoms with Crippen LogP contribution >= 0.6 is 0 Å². The standard InChI is InChI=1S/C9H3F8NO3/c10-7(11)21-6-4(8(12,13)14)1-3(18(19)20)2-5(6)9(15,16)17/h1-2,7H. The van der Waals surface area contributed by atoms with Gasteiger partial charge in [-0.15, -0.1) is 0 Å². The van der Waals surface area contributed by atoms with E-state index in [1.807, 2.05) is 0 Å². The molecular formula is C9H3F8NO3. The van der Waals surface area contributed by atoms with Gasteiger partial charge in [0.2, 0.25) is 0 Å². The SMILES string of the molecule is O=[N+]([O-])c1cc(C(F)(F)F)c(OC(F)F)c(C(F)(F)F)c1. The number of nitro groups is 1. The fourth-order valence-corrected chi connectivity index (χ4v) is 1.36. The molecule has 0 saturated heterocycles. The molecule has 0 spiro atoms. The second kappa shape index (κ2) is 5.33. The van der Waals surface area contributed by atoms with Crippen LogP contribution in [0.2, 0.25) is 0 Å². The summed E-state index contributed by atoms with van der Waals surface area (Å²) in [6.07, 6.45) is -11.1. The third-order valence-corrected chi connectivity index (χ3v) is 2.10. The fourth-order valence-electron chi connectivity index (χ4n) is 1.36. The van der Waals surface area contributed by atoms with Gasteiger partial charge in [-0.05, 0) is 0 Å². The van der Waals surface area contributed by atoms with Gasteiger partial charge in [-0.25, -0.2) is 0 Å². The maximum Gasteiger partial charge on any atom is 0.420 e. The number of rotatable bonds is 3. The highest BCUT2D eigenvalue weighted by Crippen LogP contribution is 2.46. The van der Waals surface area contributed by atoms with Gasteiger partial charge in [-0.2, -0.15) is 35.1 Å². The van der Waals surface area contributed by atoms with E-state index in [1.165, 1.54) is 0 Å². The molecule has 0 amide bonds. The summed E-state index contributed by atoms with van der Waals surface area (Å²) in [4.78, 5) is 8.86. The maximum absolute atomic E-state index is 12.6. The predicted octanol–water partition coefficient (Wildman–Crippen LogP) is 4.23. The summed E-state index contributed by atoms with van der Waals surface area (Å²) in [5.74, 6) is -2.21. The van der Waals surface area contributed by atoms with Crippen LogP contribution in [0.25, 0.3) is 0 Å². The maximum atomic E-state index is 12.6. The molecule has 0 fully saturated rings. The van der Waals surface area contributed by atoms with Crippen LogP contribution in [0, 0.1) is 10.1 Å². The van der Waals surface area contributed by atoms with Crippen molar-refractivity contribution < 1.29 is 44.8 Å². The van der Waals surface area contributed by atoms with Crippen molar-refractivity contribution in [2.45, 2.75) is 19.0 Å². The molecule has 0 saturated carbocycles. The van der Waals surface area contributed by atoms with Gasteiger partial charge in [0.1, 0.15) is 11.1 Å². The van der Waals surface area contributed by atoms with Crippen LogP contribution in [0.3, 0.4) is 0 Å². The highest BCUT2D eigenvalue weighted by molar-refractivity contribution is 5.52. The first-order chi connectivity index (χ1) is 9.34. The van der Waals surface area contributed by atoms with E-state index in [-0.39, 0.29) is 12.1 Å². The Bertz CT molecular complexity index is 516. The van der Waals surface area contributed by atoms with Crippen molar-refractivity contribution in [2.75, 3.05) is 0 Å². The van der Waals surface area contributed by atoms with Crippen molar-refractivity contribution >= 4 is 5.69 Å². The highest BCUT2D eigenvalue weighted by atomic mass is 19.4. The van der Waals surface area contributed by atoms with E-state index < -0.39 is 46.5 Å². The molecule has 0 atom stereocenters. The monoisotopic (exact) mass is 325 g/mol. The van der Waals surface area contributed by atoms with E-state index in [0.29, 0.717) is 0 Å². The molecule has 1 rings (SSSR count). The lowest BCUT2D eigenvalue weighted by atomic mass is 10.1. The van der Waals surface area contributed by atoms with Gasteiger partial charge in [0.15, 0.2) is 5.75 Å². The average molecular weight is 325 g/mol. The molecule has 4 nitrogen and oxygen atoms in total. The molecule has 1 aromatic rings. The summed E-state index contributed by atoms with van der Waals surface area (Å²) in [7, 11) is 0. The lowest BCUT2D eigenvalue weighted by Gasteiger charge is -2.18. The van der Waals surface area contributed by atoms with Gasteiger partial charge in [-0.3, -0.25) is 10.1 Å². The summed E-state index contributed by atoms with van der Waals surface area (Å²) < 4.78 is 103. The van der Waals surface area contributed by atoms with Gasteiger partial charge in [0.05, 0.1) is 4.92 Å². The molecule has 118 valence electrons. The number of halogens is 8. The quantitative estimate of drug-likeness (QED) is 0.475. The summed E-state index contributed by atoms with van der Waals surface area (Å²) in [6.45, 7) is -3.98. The Morgan fingerprint density at radius 1 is 1.00 bits per heavy atom. The molecule has 21 heavy (non-hydrogen) atoms. The van der Waals surface area contributed by atoms with Gasteiger partial charge in [0.25, 0.3) is 5.69 Å². The zero-order valence-corrected chi connectivity index (χ0v) is 9.43. The van der Waals surface area contributed by atoms with E-state index in [1.54, 1.807) is 0 Å². The van der Waals surface area contributed by atoms with Crippen LogP contribution in [0.5, 0.6) is 5.75 Å². The average Bonchev–Trinajstić information content (AvgIpc) is 2.24. The number of ether oxygens (including phenoxy) is 1. The molecule has 0 N–H and O–H groups in total. The normalized spacial score (nSPS) is 12.6. The molecule has 12 heteroatoms. The van der Waals surface area contributed by atoms with Gasteiger partial charge >= 0.3 is 19.0 Å². The summed E-state index contributed by atoms with van der Waals surface area (Å²) in [6, 6.07) is -0.625. The van der Waals surface area contributed by atoms with Crippen molar-refractivity contribution in [3.8, 4) is 5.75 Å². The van der Waals surface area contributed by atoms with Gasteiger partial charge in [0, 0.05) is 12.1 Å². The zero-order chi connectivity index (χ0) is 16.6. The predicted molar refractivity (Wildman–Crippen MR) is 49.7 cm³/mol. The van der Waals surface area contributed by atoms with Crippen LogP contribution < -0.4 is 4.74 Å². The van der Waals surface area contributed by atoms with E-state index in [4.69, 9.17) is 0 Å². The minimum Gasteiger partial charge on any atom is -0.434 e. The number of hydrogen-bond acceptors (Lipinski definition) is 3. The number of alkyl halides is 8. The first-order valence-corrected chi connectivity index (χ1v) is 4.75. The van der Waals surface area contributed by atoms with Crippen LogP contribution in [-0.2, 0) is 12.4 Å². The first-order valence-electron chi connectivity index (χ1n) is 4.75. The van der Waals surface area contributed by atoms with Crippen molar-refractivity contribution in [1.82, 2.24) is 0 Å². The molecule has 0 heterocycles. The molecule has 0 radical (unpaired) electrons. The minimum atomic E-state index is -5.56. The number of benzene rings is 1. The minimum absolute atomic E-state index is 0.313. The molecule has 1 aromatic carbocycles. The molecular weight excluding hydrogens is 322 g/mol. The third kappa shape index (κ3) is 3.92. The lowest BCUT2D eigenvalue weighted by molar-refractivity contribution is -0.385. The Balaban J connectivity index is 3.73. The fraction of sp³-hybridized carbons (Fsp3) is 0.333. The Kier molecular flexibility index (Phi) is 4.29. The first kappa shape index (κ1) is 16.9. The van der Waals surface area contributed by atoms with Crippen LogP contribution in [0.1, 0.15) is 11.1 Å². The largest absolute Gasteiger partial charge is 0.434 e. The van der Waals surface area contributed by atoms with Crippen LogP contribution in [0.4, 0.5) is 40.8 Å². The second-order valence-electron chi connectivity index (χ2n) is 3.50. The Morgan fingerprint density at radius 3 is 1.62 bits per heavy atom.